The number of nitrogens with zero attached hydrogens (tertiary/aromatic N) is 1. The quantitative estimate of drug-likeness (QED) is 0.459. The van der Waals surface area contributed by atoms with Crippen molar-refractivity contribution in [1.29, 1.82) is 0 Å². The zero-order chi connectivity index (χ0) is 13.5. The van der Waals surface area contributed by atoms with E-state index in [2.05, 4.69) is 11.6 Å². The van der Waals surface area contributed by atoms with Crippen molar-refractivity contribution in [2.45, 2.75) is 12.8 Å². The summed E-state index contributed by atoms with van der Waals surface area (Å²) in [4.78, 5) is 10.1. The van der Waals surface area contributed by atoms with E-state index in [9.17, 15) is 10.1 Å². The van der Waals surface area contributed by atoms with E-state index in [0.29, 0.717) is 5.69 Å². The molecule has 0 bridgehead atoms. The summed E-state index contributed by atoms with van der Waals surface area (Å²) < 4.78 is 0. The Morgan fingerprint density at radius 1 is 1.33 bits per heavy atom. The van der Waals surface area contributed by atoms with Gasteiger partial charge >= 0.3 is 0 Å². The summed E-state index contributed by atoms with van der Waals surface area (Å²) in [5.74, 6) is 1.11. The topological polar surface area (TPSA) is 55.2 Å². The predicted octanol–water partition coefficient (Wildman–Crippen LogP) is 4.46. The van der Waals surface area contributed by atoms with Crippen LogP contribution in [-0.4, -0.2) is 23.5 Å². The Kier molecular flexibility index (Phi) is 6.60. The molecule has 0 heterocycles. The van der Waals surface area contributed by atoms with Crippen LogP contribution in [0.25, 0.3) is 0 Å². The van der Waals surface area contributed by atoms with Gasteiger partial charge in [-0.25, -0.2) is 0 Å². The van der Waals surface area contributed by atoms with Crippen molar-refractivity contribution in [2.75, 3.05) is 23.9 Å². The standard InChI is InChI=1S/C11H14Cl2N2O2S/c1-18-5-3-2-4-14-11-9(12)6-8(15(16)17)7-10(11)13/h6-7,14H,2-5H2,1H3. The predicted molar refractivity (Wildman–Crippen MR) is 79.2 cm³/mol. The summed E-state index contributed by atoms with van der Waals surface area (Å²) in [5, 5.41) is 14.3. The largest absolute Gasteiger partial charge is 0.383 e. The summed E-state index contributed by atoms with van der Waals surface area (Å²) in [7, 11) is 0. The fourth-order valence-electron chi connectivity index (χ4n) is 1.42. The summed E-state index contributed by atoms with van der Waals surface area (Å²) in [6.07, 6.45) is 4.18. The van der Waals surface area contributed by atoms with E-state index in [1.54, 1.807) is 11.8 Å². The molecule has 0 unspecified atom stereocenters. The van der Waals surface area contributed by atoms with Gasteiger partial charge in [0.2, 0.25) is 0 Å². The number of hydrogen-bond donors (Lipinski definition) is 1. The lowest BCUT2D eigenvalue weighted by atomic mass is 10.2. The molecule has 0 saturated heterocycles. The van der Waals surface area contributed by atoms with E-state index < -0.39 is 4.92 Å². The molecule has 7 heteroatoms. The molecule has 1 rings (SSSR count). The van der Waals surface area contributed by atoms with Gasteiger partial charge in [0.25, 0.3) is 5.69 Å². The first-order valence-electron chi connectivity index (χ1n) is 5.42. The number of thioether (sulfide) groups is 1. The number of nitro groups is 1. The van der Waals surface area contributed by atoms with E-state index in [0.717, 1.165) is 25.1 Å². The Labute approximate surface area is 120 Å². The van der Waals surface area contributed by atoms with Crippen molar-refractivity contribution in [2.24, 2.45) is 0 Å². The smallest absolute Gasteiger partial charge is 0.272 e. The van der Waals surface area contributed by atoms with Crippen LogP contribution in [0.3, 0.4) is 0 Å². The van der Waals surface area contributed by atoms with Crippen molar-refractivity contribution in [3.63, 3.8) is 0 Å². The Morgan fingerprint density at radius 2 is 1.94 bits per heavy atom. The maximum absolute atomic E-state index is 10.6. The molecular formula is C11H14Cl2N2O2S. The average molecular weight is 309 g/mol. The fraction of sp³-hybridized carbons (Fsp3) is 0.455. The van der Waals surface area contributed by atoms with E-state index in [4.69, 9.17) is 23.2 Å². The lowest BCUT2D eigenvalue weighted by Crippen LogP contribution is -2.03. The SMILES string of the molecule is CSCCCCNc1c(Cl)cc([N+](=O)[O-])cc1Cl. The summed E-state index contributed by atoms with van der Waals surface area (Å²) in [6, 6.07) is 2.61. The molecular weight excluding hydrogens is 295 g/mol. The van der Waals surface area contributed by atoms with Crippen LogP contribution in [0.2, 0.25) is 10.0 Å². The number of rotatable bonds is 7. The summed E-state index contributed by atoms with van der Waals surface area (Å²) >= 11 is 13.7. The minimum Gasteiger partial charge on any atom is -0.383 e. The van der Waals surface area contributed by atoms with Crippen LogP contribution in [0, 0.1) is 10.1 Å². The van der Waals surface area contributed by atoms with Gasteiger partial charge in [0.1, 0.15) is 0 Å². The number of hydrogen-bond acceptors (Lipinski definition) is 4. The second-order valence-electron chi connectivity index (χ2n) is 3.67. The highest BCUT2D eigenvalue weighted by Gasteiger charge is 2.13. The number of unbranched alkanes of at least 4 members (excludes halogenated alkanes) is 1. The van der Waals surface area contributed by atoms with Gasteiger partial charge in [-0.15, -0.1) is 0 Å². The maximum Gasteiger partial charge on any atom is 0.272 e. The molecule has 0 aliphatic rings. The Balaban J connectivity index is 2.63. The molecule has 0 radical (unpaired) electrons. The second kappa shape index (κ2) is 7.71. The molecule has 0 aliphatic carbocycles. The third kappa shape index (κ3) is 4.55. The zero-order valence-electron chi connectivity index (χ0n) is 9.91. The van der Waals surface area contributed by atoms with Gasteiger partial charge in [-0.2, -0.15) is 11.8 Å². The van der Waals surface area contributed by atoms with Gasteiger partial charge in [0, 0.05) is 18.7 Å². The molecule has 0 aromatic heterocycles. The molecule has 0 atom stereocenters. The minimum absolute atomic E-state index is 0.0991. The molecule has 0 aliphatic heterocycles. The number of nitrogens with one attached hydrogen (secondary N) is 1. The summed E-state index contributed by atoms with van der Waals surface area (Å²) in [6.45, 7) is 0.748. The van der Waals surface area contributed by atoms with Crippen LogP contribution < -0.4 is 5.32 Å². The van der Waals surface area contributed by atoms with Crippen LogP contribution >= 0.6 is 35.0 Å². The molecule has 1 aromatic rings. The molecule has 0 amide bonds. The number of benzene rings is 1. The lowest BCUT2D eigenvalue weighted by Gasteiger charge is -2.10. The Morgan fingerprint density at radius 3 is 2.44 bits per heavy atom. The first-order valence-corrected chi connectivity index (χ1v) is 7.57. The molecule has 4 nitrogen and oxygen atoms in total. The van der Waals surface area contributed by atoms with E-state index >= 15 is 0 Å². The number of non-ortho nitro benzene ring substituents is 1. The van der Waals surface area contributed by atoms with E-state index in [1.807, 2.05) is 0 Å². The molecule has 1 N–H and O–H groups in total. The summed E-state index contributed by atoms with van der Waals surface area (Å²) in [5.41, 5.74) is 0.464. The first kappa shape index (κ1) is 15.4. The monoisotopic (exact) mass is 308 g/mol. The minimum atomic E-state index is -0.514. The number of anilines is 1. The van der Waals surface area contributed by atoms with E-state index in [-0.39, 0.29) is 15.7 Å². The van der Waals surface area contributed by atoms with Crippen LogP contribution in [0.4, 0.5) is 11.4 Å². The Hall–Kier alpha value is -0.650. The molecule has 100 valence electrons. The third-order valence-electron chi connectivity index (χ3n) is 2.31. The fourth-order valence-corrected chi connectivity index (χ4v) is 2.52. The van der Waals surface area contributed by atoms with E-state index in [1.165, 1.54) is 12.1 Å². The lowest BCUT2D eigenvalue weighted by molar-refractivity contribution is -0.384. The highest BCUT2D eigenvalue weighted by atomic mass is 35.5. The van der Waals surface area contributed by atoms with Gasteiger partial charge in [-0.3, -0.25) is 10.1 Å². The van der Waals surface area contributed by atoms with Crippen LogP contribution in [0.1, 0.15) is 12.8 Å². The average Bonchev–Trinajstić information content (AvgIpc) is 2.31. The third-order valence-corrected chi connectivity index (χ3v) is 3.61. The highest BCUT2D eigenvalue weighted by Crippen LogP contribution is 2.34. The van der Waals surface area contributed by atoms with Crippen LogP contribution in [-0.2, 0) is 0 Å². The van der Waals surface area contributed by atoms with Gasteiger partial charge in [0.15, 0.2) is 0 Å². The first-order chi connectivity index (χ1) is 8.56. The molecule has 0 fully saturated rings. The maximum atomic E-state index is 10.6. The number of halogens is 2. The van der Waals surface area contributed by atoms with Crippen LogP contribution in [0.5, 0.6) is 0 Å². The van der Waals surface area contributed by atoms with Crippen molar-refractivity contribution in [1.82, 2.24) is 0 Å². The molecule has 1 aromatic carbocycles. The highest BCUT2D eigenvalue weighted by molar-refractivity contribution is 7.98. The van der Waals surface area contributed by atoms with Crippen LogP contribution in [0.15, 0.2) is 12.1 Å². The van der Waals surface area contributed by atoms with Gasteiger partial charge in [-0.1, -0.05) is 23.2 Å². The van der Waals surface area contributed by atoms with Gasteiger partial charge < -0.3 is 5.32 Å². The number of nitro benzene ring substituents is 1. The second-order valence-corrected chi connectivity index (χ2v) is 5.47. The van der Waals surface area contributed by atoms with Crippen molar-refractivity contribution in [3.8, 4) is 0 Å². The Bertz CT molecular complexity index is 406. The van der Waals surface area contributed by atoms with Gasteiger partial charge in [0.05, 0.1) is 20.7 Å². The normalized spacial score (nSPS) is 10.4. The molecule has 0 saturated carbocycles. The zero-order valence-corrected chi connectivity index (χ0v) is 12.2. The van der Waals surface area contributed by atoms with Crippen molar-refractivity contribution >= 4 is 46.3 Å². The van der Waals surface area contributed by atoms with Gasteiger partial charge in [-0.05, 0) is 24.9 Å². The van der Waals surface area contributed by atoms with Crippen molar-refractivity contribution in [3.05, 3.63) is 32.3 Å². The molecule has 18 heavy (non-hydrogen) atoms. The van der Waals surface area contributed by atoms with Crippen molar-refractivity contribution < 1.29 is 4.92 Å². The molecule has 0 spiro atoms.